The average Bonchev–Trinajstić information content (AvgIpc) is 2.26. The van der Waals surface area contributed by atoms with Gasteiger partial charge >= 0.3 is 5.97 Å². The van der Waals surface area contributed by atoms with Gasteiger partial charge in [0.25, 0.3) is 0 Å². The van der Waals surface area contributed by atoms with Crippen LogP contribution < -0.4 is 0 Å². The van der Waals surface area contributed by atoms with E-state index in [2.05, 4.69) is 13.8 Å². The van der Waals surface area contributed by atoms with E-state index in [-0.39, 0.29) is 18.0 Å². The lowest BCUT2D eigenvalue weighted by atomic mass is 9.76. The van der Waals surface area contributed by atoms with Gasteiger partial charge in [-0.05, 0) is 24.7 Å². The van der Waals surface area contributed by atoms with E-state index in [9.17, 15) is 4.79 Å². The molecule has 1 heterocycles. The number of rotatable bonds is 0. The van der Waals surface area contributed by atoms with Crippen molar-refractivity contribution in [3.63, 3.8) is 0 Å². The molecule has 4 unspecified atom stereocenters. The van der Waals surface area contributed by atoms with Crippen LogP contribution in [0.25, 0.3) is 0 Å². The molecule has 1 aliphatic heterocycles. The van der Waals surface area contributed by atoms with Crippen molar-refractivity contribution >= 4 is 5.97 Å². The van der Waals surface area contributed by atoms with Gasteiger partial charge in [-0.25, -0.2) is 0 Å². The molecule has 62 valence electrons. The normalized spacial score (nSPS) is 49.1. The van der Waals surface area contributed by atoms with Crippen molar-refractivity contribution in [1.29, 1.82) is 0 Å². The molecule has 2 fully saturated rings. The Morgan fingerprint density at radius 3 is 2.73 bits per heavy atom. The van der Waals surface area contributed by atoms with Crippen LogP contribution in [0.5, 0.6) is 0 Å². The van der Waals surface area contributed by atoms with Crippen LogP contribution in [0.3, 0.4) is 0 Å². The fraction of sp³-hybridized carbons (Fsp3) is 0.889. The number of esters is 1. The number of hydrogen-bond acceptors (Lipinski definition) is 2. The summed E-state index contributed by atoms with van der Waals surface area (Å²) in [5.41, 5.74) is 0. The lowest BCUT2D eigenvalue weighted by Crippen LogP contribution is -2.26. The summed E-state index contributed by atoms with van der Waals surface area (Å²) in [5.74, 6) is 1.38. The SMILES string of the molecule is CC1CC(C)C2CC1OC2=O. The van der Waals surface area contributed by atoms with Crippen LogP contribution in [0, 0.1) is 17.8 Å². The first-order chi connectivity index (χ1) is 5.18. The summed E-state index contributed by atoms with van der Waals surface area (Å²) in [6.45, 7) is 4.33. The Hall–Kier alpha value is -0.530. The summed E-state index contributed by atoms with van der Waals surface area (Å²) < 4.78 is 5.23. The van der Waals surface area contributed by atoms with Gasteiger partial charge in [0.05, 0.1) is 5.92 Å². The summed E-state index contributed by atoms with van der Waals surface area (Å²) in [5, 5.41) is 0. The summed E-state index contributed by atoms with van der Waals surface area (Å²) in [7, 11) is 0. The number of ether oxygens (including phenoxy) is 1. The Labute approximate surface area is 66.9 Å². The van der Waals surface area contributed by atoms with Crippen molar-refractivity contribution < 1.29 is 9.53 Å². The number of carbonyl (C=O) groups is 1. The third-order valence-electron chi connectivity index (χ3n) is 3.12. The van der Waals surface area contributed by atoms with E-state index >= 15 is 0 Å². The van der Waals surface area contributed by atoms with Crippen molar-refractivity contribution in [3.8, 4) is 0 Å². The van der Waals surface area contributed by atoms with Crippen molar-refractivity contribution in [2.24, 2.45) is 17.8 Å². The molecule has 1 aliphatic carbocycles. The summed E-state index contributed by atoms with van der Waals surface area (Å²) in [6, 6.07) is 0. The molecule has 0 N–H and O–H groups in total. The van der Waals surface area contributed by atoms with Gasteiger partial charge in [0.1, 0.15) is 6.10 Å². The molecule has 0 aromatic rings. The quantitative estimate of drug-likeness (QED) is 0.495. The number of fused-ring (bicyclic) bond motifs is 2. The monoisotopic (exact) mass is 154 g/mol. The van der Waals surface area contributed by atoms with Crippen LogP contribution in [-0.2, 0) is 9.53 Å². The minimum Gasteiger partial charge on any atom is -0.462 e. The van der Waals surface area contributed by atoms with E-state index in [1.807, 2.05) is 0 Å². The highest BCUT2D eigenvalue weighted by Gasteiger charge is 2.45. The Morgan fingerprint density at radius 1 is 1.27 bits per heavy atom. The molecule has 4 atom stereocenters. The van der Waals surface area contributed by atoms with Crippen LogP contribution in [-0.4, -0.2) is 12.1 Å². The molecule has 0 amide bonds. The van der Waals surface area contributed by atoms with E-state index in [1.165, 1.54) is 0 Å². The Bertz CT molecular complexity index is 188. The molecule has 0 aromatic heterocycles. The summed E-state index contributed by atoms with van der Waals surface area (Å²) in [4.78, 5) is 11.2. The molecule has 2 heteroatoms. The van der Waals surface area contributed by atoms with Crippen molar-refractivity contribution in [3.05, 3.63) is 0 Å². The molecule has 2 nitrogen and oxygen atoms in total. The molecule has 1 saturated carbocycles. The largest absolute Gasteiger partial charge is 0.462 e. The van der Waals surface area contributed by atoms with Crippen molar-refractivity contribution in [2.45, 2.75) is 32.8 Å². The lowest BCUT2D eigenvalue weighted by Gasteiger charge is -2.26. The van der Waals surface area contributed by atoms with Gasteiger partial charge in [-0.2, -0.15) is 0 Å². The van der Waals surface area contributed by atoms with Crippen LogP contribution >= 0.6 is 0 Å². The zero-order valence-electron chi connectivity index (χ0n) is 7.04. The molecule has 2 bridgehead atoms. The van der Waals surface area contributed by atoms with Gasteiger partial charge in [0.2, 0.25) is 0 Å². The lowest BCUT2D eigenvalue weighted by molar-refractivity contribution is -0.144. The zero-order valence-corrected chi connectivity index (χ0v) is 7.04. The van der Waals surface area contributed by atoms with Crippen LogP contribution in [0.2, 0.25) is 0 Å². The Balaban J connectivity index is 2.20. The molecule has 2 aliphatic rings. The van der Waals surface area contributed by atoms with E-state index in [0.29, 0.717) is 11.8 Å². The molecule has 11 heavy (non-hydrogen) atoms. The first-order valence-corrected chi connectivity index (χ1v) is 4.39. The number of hydrogen-bond donors (Lipinski definition) is 0. The average molecular weight is 154 g/mol. The second-order valence-electron chi connectivity index (χ2n) is 4.01. The van der Waals surface area contributed by atoms with Crippen LogP contribution in [0.1, 0.15) is 26.7 Å². The van der Waals surface area contributed by atoms with Gasteiger partial charge in [0.15, 0.2) is 0 Å². The maximum absolute atomic E-state index is 11.2. The van der Waals surface area contributed by atoms with Gasteiger partial charge in [0, 0.05) is 0 Å². The van der Waals surface area contributed by atoms with E-state index < -0.39 is 0 Å². The second kappa shape index (κ2) is 2.23. The van der Waals surface area contributed by atoms with Gasteiger partial charge in [-0.15, -0.1) is 0 Å². The predicted molar refractivity (Wildman–Crippen MR) is 40.9 cm³/mol. The fourth-order valence-electron chi connectivity index (χ4n) is 2.35. The minimum absolute atomic E-state index is 0.0480. The van der Waals surface area contributed by atoms with E-state index in [4.69, 9.17) is 4.74 Å². The molecule has 2 rings (SSSR count). The first kappa shape index (κ1) is 7.14. The minimum atomic E-state index is 0.0480. The van der Waals surface area contributed by atoms with Crippen molar-refractivity contribution in [1.82, 2.24) is 0 Å². The predicted octanol–water partition coefficient (Wildman–Crippen LogP) is 1.59. The highest BCUT2D eigenvalue weighted by molar-refractivity contribution is 5.75. The molecule has 0 spiro atoms. The molecule has 1 saturated heterocycles. The Morgan fingerprint density at radius 2 is 2.00 bits per heavy atom. The summed E-state index contributed by atoms with van der Waals surface area (Å²) >= 11 is 0. The summed E-state index contributed by atoms with van der Waals surface area (Å²) in [6.07, 6.45) is 2.37. The zero-order chi connectivity index (χ0) is 8.01. The fourth-order valence-corrected chi connectivity index (χ4v) is 2.35. The van der Waals surface area contributed by atoms with Gasteiger partial charge in [-0.1, -0.05) is 13.8 Å². The third-order valence-corrected chi connectivity index (χ3v) is 3.12. The molecule has 0 radical (unpaired) electrons. The highest BCUT2D eigenvalue weighted by Crippen LogP contribution is 2.41. The standard InChI is InChI=1S/C9H14O2/c1-5-3-6(2)8-4-7(5)9(10)11-8/h5-8H,3-4H2,1-2H3. The van der Waals surface area contributed by atoms with Crippen molar-refractivity contribution in [2.75, 3.05) is 0 Å². The maximum Gasteiger partial charge on any atom is 0.309 e. The molecular formula is C9H14O2. The van der Waals surface area contributed by atoms with Gasteiger partial charge in [-0.3, -0.25) is 4.79 Å². The van der Waals surface area contributed by atoms with E-state index in [1.54, 1.807) is 0 Å². The highest BCUT2D eigenvalue weighted by atomic mass is 16.6. The smallest absolute Gasteiger partial charge is 0.309 e. The second-order valence-corrected chi connectivity index (χ2v) is 4.01. The maximum atomic E-state index is 11.2. The topological polar surface area (TPSA) is 26.3 Å². The Kier molecular flexibility index (Phi) is 1.44. The number of carbonyl (C=O) groups excluding carboxylic acids is 1. The molecule has 0 aromatic carbocycles. The van der Waals surface area contributed by atoms with Crippen LogP contribution in [0.15, 0.2) is 0 Å². The van der Waals surface area contributed by atoms with Crippen LogP contribution in [0.4, 0.5) is 0 Å². The van der Waals surface area contributed by atoms with Gasteiger partial charge < -0.3 is 4.74 Å². The first-order valence-electron chi connectivity index (χ1n) is 4.39. The third kappa shape index (κ3) is 0.959. The molecular weight excluding hydrogens is 140 g/mol. The van der Waals surface area contributed by atoms with E-state index in [0.717, 1.165) is 12.8 Å².